The van der Waals surface area contributed by atoms with Crippen molar-refractivity contribution < 1.29 is 14.2 Å². The van der Waals surface area contributed by atoms with Crippen LogP contribution in [0.1, 0.15) is 12.5 Å². The lowest BCUT2D eigenvalue weighted by Gasteiger charge is -2.12. The first-order valence-electron chi connectivity index (χ1n) is 10.7. The highest BCUT2D eigenvalue weighted by atomic mass is 16.5. The molecule has 164 valence electrons. The molecule has 0 heterocycles. The summed E-state index contributed by atoms with van der Waals surface area (Å²) in [4.78, 5) is 4.70. The van der Waals surface area contributed by atoms with Gasteiger partial charge in [0.25, 0.3) is 0 Å². The van der Waals surface area contributed by atoms with Crippen molar-refractivity contribution in [2.24, 2.45) is 4.99 Å². The van der Waals surface area contributed by atoms with E-state index < -0.39 is 0 Å². The highest BCUT2D eigenvalue weighted by Crippen LogP contribution is 2.26. The number of para-hydroxylation sites is 2. The number of aliphatic imine (C=N–C) groups is 1. The predicted molar refractivity (Wildman–Crippen MR) is 133 cm³/mol. The highest BCUT2D eigenvalue weighted by molar-refractivity contribution is 5.96. The molecule has 4 aromatic carbocycles. The first-order chi connectivity index (χ1) is 16.2. The second-order valence-corrected chi connectivity index (χ2v) is 7.48. The summed E-state index contributed by atoms with van der Waals surface area (Å²) in [7, 11) is 0. The lowest BCUT2D eigenvalue weighted by molar-refractivity contribution is 0.469. The Hall–Kier alpha value is -4.31. The van der Waals surface area contributed by atoms with Gasteiger partial charge in [0.15, 0.2) is 0 Å². The first-order valence-corrected chi connectivity index (χ1v) is 10.7. The molecule has 0 amide bonds. The lowest BCUT2D eigenvalue weighted by Crippen LogP contribution is -2.11. The minimum Gasteiger partial charge on any atom is -0.465 e. The fourth-order valence-corrected chi connectivity index (χ4v) is 3.04. The van der Waals surface area contributed by atoms with Gasteiger partial charge in [-0.2, -0.15) is 0 Å². The van der Waals surface area contributed by atoms with Crippen LogP contribution in [0, 0.1) is 6.92 Å². The van der Waals surface area contributed by atoms with Crippen LogP contribution in [-0.4, -0.2) is 5.90 Å². The topological polar surface area (TPSA) is 40.0 Å². The number of aryl methyl sites for hydroxylation is 1. The van der Waals surface area contributed by atoms with Gasteiger partial charge >= 0.3 is 0 Å². The number of hydrogen-bond acceptors (Lipinski definition) is 4. The van der Waals surface area contributed by atoms with Gasteiger partial charge in [-0.3, -0.25) is 0 Å². The van der Waals surface area contributed by atoms with E-state index in [1.165, 1.54) is 0 Å². The average molecular weight is 436 g/mol. The van der Waals surface area contributed by atoms with E-state index in [2.05, 4.69) is 0 Å². The number of hydrogen-bond donors (Lipinski definition) is 0. The summed E-state index contributed by atoms with van der Waals surface area (Å²) in [6, 6.07) is 34.7. The Morgan fingerprint density at radius 1 is 0.667 bits per heavy atom. The highest BCUT2D eigenvalue weighted by Gasteiger charge is 2.09. The molecule has 4 nitrogen and oxygen atoms in total. The fraction of sp³-hybridized carbons (Fsp3) is 0.0690. The molecule has 4 rings (SSSR count). The SMILES string of the molecule is CC(=COc1cccc(C)c1)/C(=N\c1ccccc1)Oc1cccc(Oc2ccccc2)c1. The van der Waals surface area contributed by atoms with Gasteiger partial charge in [0.1, 0.15) is 23.0 Å². The van der Waals surface area contributed by atoms with E-state index in [1.54, 1.807) is 6.26 Å². The van der Waals surface area contributed by atoms with Gasteiger partial charge in [-0.05, 0) is 67.9 Å². The lowest BCUT2D eigenvalue weighted by atomic mass is 10.2. The van der Waals surface area contributed by atoms with Crippen molar-refractivity contribution >= 4 is 11.6 Å². The molecule has 0 aliphatic carbocycles. The Balaban J connectivity index is 1.58. The fourth-order valence-electron chi connectivity index (χ4n) is 3.04. The smallest absolute Gasteiger partial charge is 0.225 e. The van der Waals surface area contributed by atoms with Crippen LogP contribution in [0.5, 0.6) is 23.0 Å². The molecule has 0 radical (unpaired) electrons. The third-order valence-corrected chi connectivity index (χ3v) is 4.68. The van der Waals surface area contributed by atoms with Crippen LogP contribution in [0.2, 0.25) is 0 Å². The van der Waals surface area contributed by atoms with Crippen LogP contribution < -0.4 is 14.2 Å². The Bertz CT molecular complexity index is 1250. The van der Waals surface area contributed by atoms with Gasteiger partial charge in [-0.15, -0.1) is 0 Å². The third kappa shape index (κ3) is 6.58. The second-order valence-electron chi connectivity index (χ2n) is 7.48. The van der Waals surface area contributed by atoms with Crippen LogP contribution in [-0.2, 0) is 0 Å². The zero-order valence-electron chi connectivity index (χ0n) is 18.6. The zero-order valence-corrected chi connectivity index (χ0v) is 18.6. The Kier molecular flexibility index (Phi) is 7.18. The minimum absolute atomic E-state index is 0.436. The second kappa shape index (κ2) is 10.8. The van der Waals surface area contributed by atoms with Gasteiger partial charge in [0.05, 0.1) is 11.9 Å². The molecule has 0 fully saturated rings. The maximum absolute atomic E-state index is 6.19. The van der Waals surface area contributed by atoms with Crippen molar-refractivity contribution in [3.63, 3.8) is 0 Å². The number of nitrogens with zero attached hydrogens (tertiary/aromatic N) is 1. The predicted octanol–water partition coefficient (Wildman–Crippen LogP) is 7.88. The molecule has 0 unspecified atom stereocenters. The molecule has 0 spiro atoms. The molecule has 0 bridgehead atoms. The Morgan fingerprint density at radius 3 is 2.06 bits per heavy atom. The summed E-state index contributed by atoms with van der Waals surface area (Å²) in [5, 5.41) is 0. The molecule has 0 aliphatic heterocycles. The summed E-state index contributed by atoms with van der Waals surface area (Å²) in [6.07, 6.45) is 1.65. The number of benzene rings is 4. The van der Waals surface area contributed by atoms with Gasteiger partial charge in [-0.1, -0.05) is 54.6 Å². The molecular weight excluding hydrogens is 410 g/mol. The molecule has 0 atom stereocenters. The summed E-state index contributed by atoms with van der Waals surface area (Å²) in [6.45, 7) is 3.93. The normalized spacial score (nSPS) is 11.7. The van der Waals surface area contributed by atoms with Crippen LogP contribution in [0.25, 0.3) is 0 Å². The summed E-state index contributed by atoms with van der Waals surface area (Å²) in [5.41, 5.74) is 2.66. The average Bonchev–Trinajstić information content (AvgIpc) is 2.84. The summed E-state index contributed by atoms with van der Waals surface area (Å²) >= 11 is 0. The van der Waals surface area contributed by atoms with Gasteiger partial charge in [0.2, 0.25) is 5.90 Å². The zero-order chi connectivity index (χ0) is 22.9. The van der Waals surface area contributed by atoms with E-state index in [1.807, 2.05) is 123 Å². The van der Waals surface area contributed by atoms with Crippen LogP contribution in [0.3, 0.4) is 0 Å². The van der Waals surface area contributed by atoms with Crippen LogP contribution >= 0.6 is 0 Å². The molecule has 0 N–H and O–H groups in total. The van der Waals surface area contributed by atoms with Gasteiger partial charge in [0, 0.05) is 11.6 Å². The minimum atomic E-state index is 0.436. The third-order valence-electron chi connectivity index (χ3n) is 4.68. The van der Waals surface area contributed by atoms with E-state index in [0.29, 0.717) is 17.4 Å². The van der Waals surface area contributed by atoms with E-state index in [0.717, 1.165) is 28.3 Å². The van der Waals surface area contributed by atoms with Gasteiger partial charge < -0.3 is 14.2 Å². The molecule has 33 heavy (non-hydrogen) atoms. The van der Waals surface area contributed by atoms with E-state index >= 15 is 0 Å². The molecule has 4 heteroatoms. The van der Waals surface area contributed by atoms with Crippen molar-refractivity contribution in [3.8, 4) is 23.0 Å². The van der Waals surface area contributed by atoms with E-state index in [4.69, 9.17) is 19.2 Å². The first kappa shape index (κ1) is 21.9. The van der Waals surface area contributed by atoms with E-state index in [-0.39, 0.29) is 0 Å². The molecular formula is C29H25NO3. The van der Waals surface area contributed by atoms with Crippen molar-refractivity contribution in [1.29, 1.82) is 0 Å². The Morgan fingerprint density at radius 2 is 1.30 bits per heavy atom. The summed E-state index contributed by atoms with van der Waals surface area (Å²) in [5.74, 6) is 3.24. The molecule has 0 aliphatic rings. The Labute approximate surface area is 194 Å². The van der Waals surface area contributed by atoms with Crippen LogP contribution in [0.4, 0.5) is 5.69 Å². The molecule has 0 aromatic heterocycles. The maximum atomic E-state index is 6.19. The quantitative estimate of drug-likeness (QED) is 0.168. The van der Waals surface area contributed by atoms with Gasteiger partial charge in [-0.25, -0.2) is 4.99 Å². The number of ether oxygens (including phenoxy) is 3. The standard InChI is InChI=1S/C29H25NO3/c1-22-11-9-16-26(19-22)31-21-23(2)29(30-24-12-5-3-6-13-24)33-28-18-10-17-27(20-28)32-25-14-7-4-8-15-25/h3-21H,1-2H3/b23-21?,30-29+. The van der Waals surface area contributed by atoms with Crippen molar-refractivity contribution in [2.45, 2.75) is 13.8 Å². The van der Waals surface area contributed by atoms with E-state index in [9.17, 15) is 0 Å². The van der Waals surface area contributed by atoms with Crippen molar-refractivity contribution in [2.75, 3.05) is 0 Å². The van der Waals surface area contributed by atoms with Crippen molar-refractivity contribution in [1.82, 2.24) is 0 Å². The number of rotatable bonds is 7. The monoisotopic (exact) mass is 435 g/mol. The van der Waals surface area contributed by atoms with Crippen molar-refractivity contribution in [3.05, 3.63) is 127 Å². The molecule has 0 saturated heterocycles. The maximum Gasteiger partial charge on any atom is 0.225 e. The molecule has 4 aromatic rings. The molecule has 0 saturated carbocycles. The van der Waals surface area contributed by atoms with Crippen LogP contribution in [0.15, 0.2) is 126 Å². The largest absolute Gasteiger partial charge is 0.465 e. The summed E-state index contributed by atoms with van der Waals surface area (Å²) < 4.78 is 18.0.